The van der Waals surface area contributed by atoms with Crippen molar-refractivity contribution in [3.8, 4) is 11.5 Å². The third kappa shape index (κ3) is 4.77. The number of benzene rings is 2. The van der Waals surface area contributed by atoms with Gasteiger partial charge in [0, 0.05) is 0 Å². The van der Waals surface area contributed by atoms with E-state index in [1.54, 1.807) is 0 Å². The molecule has 0 aliphatic carbocycles. The maximum Gasteiger partial charge on any atom is 0.335 e. The Bertz CT molecular complexity index is 896. The maximum absolute atomic E-state index is 11.5. The van der Waals surface area contributed by atoms with Gasteiger partial charge in [0.2, 0.25) is 6.29 Å². The van der Waals surface area contributed by atoms with E-state index in [-0.39, 0.29) is 17.9 Å². The molecule has 1 heterocycles. The van der Waals surface area contributed by atoms with E-state index >= 15 is 0 Å². The Labute approximate surface area is 172 Å². The molecule has 1 saturated heterocycles. The summed E-state index contributed by atoms with van der Waals surface area (Å²) in [4.78, 5) is 22.7. The van der Waals surface area contributed by atoms with Crippen LogP contribution in [0.1, 0.15) is 21.5 Å². The van der Waals surface area contributed by atoms with E-state index in [9.17, 15) is 24.9 Å². The Morgan fingerprint density at radius 1 is 1.07 bits per heavy atom. The molecule has 2 aromatic rings. The number of rotatable bonds is 7. The zero-order valence-electron chi connectivity index (χ0n) is 16.0. The van der Waals surface area contributed by atoms with Crippen LogP contribution >= 0.6 is 0 Å². The molecule has 1 aliphatic rings. The highest BCUT2D eigenvalue weighted by atomic mass is 16.7. The highest BCUT2D eigenvalue weighted by Crippen LogP contribution is 2.28. The molecular formula is C21H22O9. The number of aryl methyl sites for hydroxylation is 1. The Morgan fingerprint density at radius 3 is 2.40 bits per heavy atom. The lowest BCUT2D eigenvalue weighted by atomic mass is 9.99. The van der Waals surface area contributed by atoms with Gasteiger partial charge in [0.25, 0.3) is 0 Å². The first-order valence-corrected chi connectivity index (χ1v) is 9.17. The van der Waals surface area contributed by atoms with Crippen molar-refractivity contribution in [2.24, 2.45) is 0 Å². The number of ether oxygens (including phenoxy) is 3. The van der Waals surface area contributed by atoms with Gasteiger partial charge in [0.05, 0.1) is 5.56 Å². The second-order valence-electron chi connectivity index (χ2n) is 6.94. The van der Waals surface area contributed by atoms with Gasteiger partial charge in [-0.25, -0.2) is 4.79 Å². The van der Waals surface area contributed by atoms with E-state index in [2.05, 4.69) is 0 Å². The molecule has 0 aromatic heterocycles. The molecule has 0 radical (unpaired) electrons. The first-order chi connectivity index (χ1) is 14.3. The fourth-order valence-electron chi connectivity index (χ4n) is 2.94. The molecule has 0 amide bonds. The third-order valence-corrected chi connectivity index (χ3v) is 4.69. The third-order valence-electron chi connectivity index (χ3n) is 4.69. The molecule has 160 valence electrons. The summed E-state index contributed by atoms with van der Waals surface area (Å²) in [5, 5.41) is 38.7. The van der Waals surface area contributed by atoms with E-state index in [1.807, 2.05) is 31.2 Å². The number of carbonyl (C=O) groups is 2. The van der Waals surface area contributed by atoms with Gasteiger partial charge in [-0.05, 0) is 30.7 Å². The summed E-state index contributed by atoms with van der Waals surface area (Å²) in [6, 6.07) is 12.1. The van der Waals surface area contributed by atoms with Gasteiger partial charge in [0.15, 0.2) is 12.4 Å². The van der Waals surface area contributed by atoms with E-state index in [1.165, 1.54) is 18.2 Å². The minimum Gasteiger partial charge on any atom is -0.489 e. The summed E-state index contributed by atoms with van der Waals surface area (Å²) in [7, 11) is 0. The van der Waals surface area contributed by atoms with Crippen LogP contribution in [-0.2, 0) is 16.1 Å². The lowest BCUT2D eigenvalue weighted by molar-refractivity contribution is -0.271. The van der Waals surface area contributed by atoms with Crippen LogP contribution in [0.15, 0.2) is 42.5 Å². The van der Waals surface area contributed by atoms with Crippen molar-refractivity contribution >= 4 is 12.3 Å². The van der Waals surface area contributed by atoms with Crippen LogP contribution in [0.3, 0.4) is 0 Å². The molecule has 1 aliphatic heterocycles. The molecule has 2 aromatic carbocycles. The molecule has 3 rings (SSSR count). The maximum atomic E-state index is 11.5. The van der Waals surface area contributed by atoms with Gasteiger partial charge in [-0.3, -0.25) is 4.79 Å². The van der Waals surface area contributed by atoms with Crippen LogP contribution in [0.4, 0.5) is 0 Å². The fourth-order valence-corrected chi connectivity index (χ4v) is 2.94. The molecular weight excluding hydrogens is 396 g/mol. The van der Waals surface area contributed by atoms with Crippen molar-refractivity contribution in [1.82, 2.24) is 0 Å². The normalized spacial score (nSPS) is 26.1. The number of hydrogen-bond donors (Lipinski definition) is 4. The van der Waals surface area contributed by atoms with Crippen LogP contribution in [0.2, 0.25) is 0 Å². The number of aliphatic hydroxyl groups is 3. The lowest BCUT2D eigenvalue weighted by Crippen LogP contribution is -2.61. The van der Waals surface area contributed by atoms with Gasteiger partial charge in [-0.1, -0.05) is 29.8 Å². The van der Waals surface area contributed by atoms with Gasteiger partial charge in [-0.2, -0.15) is 0 Å². The molecule has 0 bridgehead atoms. The average molecular weight is 418 g/mol. The summed E-state index contributed by atoms with van der Waals surface area (Å²) in [6.07, 6.45) is -8.27. The summed E-state index contributed by atoms with van der Waals surface area (Å²) >= 11 is 0. The predicted molar refractivity (Wildman–Crippen MR) is 102 cm³/mol. The van der Waals surface area contributed by atoms with Crippen molar-refractivity contribution in [2.75, 3.05) is 0 Å². The highest BCUT2D eigenvalue weighted by molar-refractivity contribution is 5.80. The largest absolute Gasteiger partial charge is 0.489 e. The van der Waals surface area contributed by atoms with Crippen molar-refractivity contribution in [1.29, 1.82) is 0 Å². The summed E-state index contributed by atoms with van der Waals surface area (Å²) < 4.78 is 16.2. The molecule has 5 atom stereocenters. The number of aldehydes is 1. The molecule has 0 spiro atoms. The number of carboxylic acids is 1. The minimum atomic E-state index is -1.83. The molecule has 30 heavy (non-hydrogen) atoms. The summed E-state index contributed by atoms with van der Waals surface area (Å²) in [5.74, 6) is -1.14. The topological polar surface area (TPSA) is 143 Å². The first-order valence-electron chi connectivity index (χ1n) is 9.17. The molecule has 0 saturated carbocycles. The van der Waals surface area contributed by atoms with E-state index in [0.717, 1.165) is 11.1 Å². The molecule has 4 N–H and O–H groups in total. The first kappa shape index (κ1) is 21.7. The minimum absolute atomic E-state index is 0.00976. The van der Waals surface area contributed by atoms with Crippen LogP contribution in [0.5, 0.6) is 11.5 Å². The lowest BCUT2D eigenvalue weighted by Gasteiger charge is -2.38. The van der Waals surface area contributed by atoms with Crippen LogP contribution in [-0.4, -0.2) is 63.4 Å². The Balaban J connectivity index is 1.72. The average Bonchev–Trinajstić information content (AvgIpc) is 2.74. The summed E-state index contributed by atoms with van der Waals surface area (Å²) in [6.45, 7) is 2.26. The Morgan fingerprint density at radius 2 is 1.77 bits per heavy atom. The van der Waals surface area contributed by atoms with Crippen LogP contribution in [0, 0.1) is 6.92 Å². The van der Waals surface area contributed by atoms with Gasteiger partial charge >= 0.3 is 5.97 Å². The van der Waals surface area contributed by atoms with Gasteiger partial charge in [0.1, 0.15) is 36.4 Å². The summed E-state index contributed by atoms with van der Waals surface area (Å²) in [5.41, 5.74) is 2.14. The van der Waals surface area contributed by atoms with Crippen LogP contribution in [0.25, 0.3) is 0 Å². The van der Waals surface area contributed by atoms with Gasteiger partial charge < -0.3 is 34.6 Å². The predicted octanol–water partition coefficient (Wildman–Crippen LogP) is 0.658. The molecule has 9 nitrogen and oxygen atoms in total. The second kappa shape index (κ2) is 9.23. The zero-order chi connectivity index (χ0) is 21.8. The second-order valence-corrected chi connectivity index (χ2v) is 6.94. The van der Waals surface area contributed by atoms with Gasteiger partial charge in [-0.15, -0.1) is 0 Å². The van der Waals surface area contributed by atoms with Crippen molar-refractivity contribution in [2.45, 2.75) is 44.2 Å². The number of aliphatic carboxylic acids is 1. The molecule has 1 fully saturated rings. The fraction of sp³-hybridized carbons (Fsp3) is 0.333. The van der Waals surface area contributed by atoms with Crippen molar-refractivity contribution in [3.63, 3.8) is 0 Å². The smallest absolute Gasteiger partial charge is 0.335 e. The number of hydrogen-bond acceptors (Lipinski definition) is 8. The Kier molecular flexibility index (Phi) is 6.68. The molecule has 2 unspecified atom stereocenters. The van der Waals surface area contributed by atoms with Crippen molar-refractivity contribution < 1.29 is 44.2 Å². The number of carboxylic acid groups (broad SMARTS) is 1. The van der Waals surface area contributed by atoms with E-state index < -0.39 is 36.7 Å². The van der Waals surface area contributed by atoms with Crippen LogP contribution < -0.4 is 9.47 Å². The SMILES string of the molecule is Cc1ccc(COc2ccc(O[C@@H]3OC(C(=O)O)[C@H](O)[C@H](O)C3O)c(C=O)c2)cc1. The van der Waals surface area contributed by atoms with E-state index in [4.69, 9.17) is 19.3 Å². The highest BCUT2D eigenvalue weighted by Gasteiger charge is 2.48. The van der Waals surface area contributed by atoms with E-state index in [0.29, 0.717) is 12.0 Å². The Hall–Kier alpha value is -2.98. The number of aliphatic hydroxyl groups excluding tert-OH is 3. The van der Waals surface area contributed by atoms with Crippen molar-refractivity contribution in [3.05, 3.63) is 59.2 Å². The number of carbonyl (C=O) groups excluding carboxylic acids is 1. The standard InChI is InChI=1S/C21H22O9/c1-11-2-4-12(5-3-11)10-28-14-6-7-15(13(8-14)9-22)29-21-18(25)16(23)17(24)19(30-21)20(26)27/h2-9,16-19,21,23-25H,10H2,1H3,(H,26,27)/t16-,17+,18?,19?,21+/m0/s1. The molecule has 9 heteroatoms. The monoisotopic (exact) mass is 418 g/mol. The quantitative estimate of drug-likeness (QED) is 0.477. The zero-order valence-corrected chi connectivity index (χ0v) is 16.0.